The first-order valence-electron chi connectivity index (χ1n) is 1.93. The van der Waals surface area contributed by atoms with E-state index in [4.69, 9.17) is 5.73 Å². The van der Waals surface area contributed by atoms with E-state index in [2.05, 4.69) is 4.99 Å². The Kier molecular flexibility index (Phi) is 1.06. The number of hydrogen-bond acceptors (Lipinski definition) is 2. The molecule has 0 spiro atoms. The van der Waals surface area contributed by atoms with Crippen molar-refractivity contribution in [2.75, 3.05) is 12.7 Å². The van der Waals surface area contributed by atoms with Crippen molar-refractivity contribution >= 4 is 14.2 Å². The molecule has 6 heavy (non-hydrogen) atoms. The standard InChI is InChI=1S/C3H7N2P/c4-3-5-1-2-6-3/h6H,1-2H2,(H2,4,5). The average molecular weight is 102 g/mol. The molecule has 2 nitrogen and oxygen atoms in total. The van der Waals surface area contributed by atoms with E-state index < -0.39 is 0 Å². The maximum Gasteiger partial charge on any atom is 0.114 e. The smallest absolute Gasteiger partial charge is 0.114 e. The van der Waals surface area contributed by atoms with Crippen molar-refractivity contribution in [3.05, 3.63) is 0 Å². The number of rotatable bonds is 0. The fourth-order valence-electron chi connectivity index (χ4n) is 0.416. The van der Waals surface area contributed by atoms with Gasteiger partial charge in [-0.15, -0.1) is 0 Å². The molecule has 3 heteroatoms. The van der Waals surface area contributed by atoms with Crippen LogP contribution < -0.4 is 5.73 Å². The highest BCUT2D eigenvalue weighted by molar-refractivity contribution is 7.58. The molecule has 1 rings (SSSR count). The molecule has 0 bridgehead atoms. The van der Waals surface area contributed by atoms with Crippen molar-refractivity contribution in [3.8, 4) is 0 Å². The normalized spacial score (nSPS) is 25.0. The van der Waals surface area contributed by atoms with Gasteiger partial charge in [-0.2, -0.15) is 0 Å². The average Bonchev–Trinajstić information content (AvgIpc) is 1.86. The molecule has 1 unspecified atom stereocenters. The van der Waals surface area contributed by atoms with Crippen LogP contribution in [-0.4, -0.2) is 18.3 Å². The van der Waals surface area contributed by atoms with Gasteiger partial charge in [0, 0.05) is 6.54 Å². The summed E-state index contributed by atoms with van der Waals surface area (Å²) in [5.74, 6) is 0. The molecular weight excluding hydrogens is 95.0 g/mol. The van der Waals surface area contributed by atoms with E-state index in [9.17, 15) is 0 Å². The maximum atomic E-state index is 5.30. The summed E-state index contributed by atoms with van der Waals surface area (Å²) >= 11 is 0. The van der Waals surface area contributed by atoms with Crippen molar-refractivity contribution in [1.29, 1.82) is 0 Å². The minimum Gasteiger partial charge on any atom is -0.384 e. The van der Waals surface area contributed by atoms with Crippen molar-refractivity contribution in [3.63, 3.8) is 0 Å². The van der Waals surface area contributed by atoms with Gasteiger partial charge < -0.3 is 5.73 Å². The first kappa shape index (κ1) is 4.07. The Morgan fingerprint density at radius 2 is 2.67 bits per heavy atom. The van der Waals surface area contributed by atoms with Crippen LogP contribution in [0.15, 0.2) is 4.99 Å². The SMILES string of the molecule is NC1=NCCP1. The van der Waals surface area contributed by atoms with Crippen molar-refractivity contribution < 1.29 is 0 Å². The Labute approximate surface area is 38.6 Å². The molecule has 1 aliphatic heterocycles. The molecule has 0 fully saturated rings. The van der Waals surface area contributed by atoms with Gasteiger partial charge in [0.2, 0.25) is 0 Å². The van der Waals surface area contributed by atoms with Crippen molar-refractivity contribution in [2.45, 2.75) is 0 Å². The van der Waals surface area contributed by atoms with Crippen LogP contribution >= 0.6 is 8.58 Å². The summed E-state index contributed by atoms with van der Waals surface area (Å²) in [6.07, 6.45) is 1.19. The highest BCUT2D eigenvalue weighted by Gasteiger charge is 1.97. The number of hydrogen-bond donors (Lipinski definition) is 1. The van der Waals surface area contributed by atoms with Crippen LogP contribution in [-0.2, 0) is 0 Å². The molecule has 0 aliphatic carbocycles. The third-order valence-electron chi connectivity index (χ3n) is 0.700. The zero-order chi connectivity index (χ0) is 4.41. The third kappa shape index (κ3) is 0.689. The molecule has 1 atom stereocenters. The molecule has 1 heterocycles. The van der Waals surface area contributed by atoms with Gasteiger partial charge in [0.05, 0.1) is 0 Å². The molecule has 0 aromatic carbocycles. The van der Waals surface area contributed by atoms with Gasteiger partial charge in [0.15, 0.2) is 0 Å². The highest BCUT2D eigenvalue weighted by atomic mass is 31.1. The molecule has 0 aromatic heterocycles. The first-order chi connectivity index (χ1) is 2.89. The van der Waals surface area contributed by atoms with E-state index in [-0.39, 0.29) is 0 Å². The van der Waals surface area contributed by atoms with Crippen molar-refractivity contribution in [2.24, 2.45) is 10.7 Å². The van der Waals surface area contributed by atoms with Gasteiger partial charge >= 0.3 is 0 Å². The van der Waals surface area contributed by atoms with Crippen molar-refractivity contribution in [1.82, 2.24) is 0 Å². The second-order valence-corrected chi connectivity index (χ2v) is 2.56. The van der Waals surface area contributed by atoms with Gasteiger partial charge in [-0.3, -0.25) is 4.99 Å². The minimum absolute atomic E-state index is 0.810. The summed E-state index contributed by atoms with van der Waals surface area (Å²) in [6.45, 7) is 0.963. The summed E-state index contributed by atoms with van der Waals surface area (Å²) in [4.78, 5) is 3.94. The lowest BCUT2D eigenvalue weighted by Crippen LogP contribution is -1.99. The zero-order valence-electron chi connectivity index (χ0n) is 3.44. The molecule has 0 saturated carbocycles. The summed E-state index contributed by atoms with van der Waals surface area (Å²) in [7, 11) is 0.810. The molecule has 2 N–H and O–H groups in total. The van der Waals surface area contributed by atoms with Gasteiger partial charge in [-0.05, 0) is 6.16 Å². The highest BCUT2D eigenvalue weighted by Crippen LogP contribution is 2.13. The lowest BCUT2D eigenvalue weighted by atomic mass is 10.8. The predicted molar refractivity (Wildman–Crippen MR) is 29.7 cm³/mol. The van der Waals surface area contributed by atoms with E-state index in [1.807, 2.05) is 0 Å². The summed E-state index contributed by atoms with van der Waals surface area (Å²) in [6, 6.07) is 0. The number of nitrogens with two attached hydrogens (primary N) is 1. The van der Waals surface area contributed by atoms with E-state index in [1.54, 1.807) is 0 Å². The summed E-state index contributed by atoms with van der Waals surface area (Å²) < 4.78 is 0. The van der Waals surface area contributed by atoms with E-state index in [0.717, 1.165) is 20.7 Å². The number of nitrogens with zero attached hydrogens (tertiary/aromatic N) is 1. The Hall–Kier alpha value is -0.100. The van der Waals surface area contributed by atoms with Crippen LogP contribution in [0.3, 0.4) is 0 Å². The van der Waals surface area contributed by atoms with Gasteiger partial charge in [0.1, 0.15) is 5.58 Å². The topological polar surface area (TPSA) is 38.4 Å². The molecule has 0 radical (unpaired) electrons. The minimum atomic E-state index is 0.810. The summed E-state index contributed by atoms with van der Waals surface area (Å²) in [5, 5.41) is 0. The molecule has 34 valence electrons. The van der Waals surface area contributed by atoms with E-state index in [1.165, 1.54) is 6.16 Å². The van der Waals surface area contributed by atoms with Gasteiger partial charge in [-0.25, -0.2) is 0 Å². The van der Waals surface area contributed by atoms with Crippen LogP contribution in [0, 0.1) is 0 Å². The largest absolute Gasteiger partial charge is 0.384 e. The van der Waals surface area contributed by atoms with Gasteiger partial charge in [0.25, 0.3) is 0 Å². The van der Waals surface area contributed by atoms with Crippen LogP contribution in [0.25, 0.3) is 0 Å². The van der Waals surface area contributed by atoms with E-state index >= 15 is 0 Å². The quantitative estimate of drug-likeness (QED) is 0.429. The maximum absolute atomic E-state index is 5.30. The zero-order valence-corrected chi connectivity index (χ0v) is 4.44. The number of amidine groups is 1. The number of aliphatic imine (C=N–C) groups is 1. The fourth-order valence-corrected chi connectivity index (χ4v) is 1.12. The second kappa shape index (κ2) is 1.57. The first-order valence-corrected chi connectivity index (χ1v) is 3.14. The van der Waals surface area contributed by atoms with Crippen LogP contribution in [0.2, 0.25) is 0 Å². The molecule has 1 aliphatic rings. The third-order valence-corrected chi connectivity index (χ3v) is 1.69. The Morgan fingerprint density at radius 3 is 2.83 bits per heavy atom. The van der Waals surface area contributed by atoms with Crippen LogP contribution in [0.4, 0.5) is 0 Å². The predicted octanol–water partition coefficient (Wildman–Crippen LogP) is -0.00680. The summed E-state index contributed by atoms with van der Waals surface area (Å²) in [5.41, 5.74) is 6.15. The Morgan fingerprint density at radius 1 is 1.83 bits per heavy atom. The molecular formula is C3H7N2P. The lowest BCUT2D eigenvalue weighted by molar-refractivity contribution is 1.17. The van der Waals surface area contributed by atoms with Crippen LogP contribution in [0.1, 0.15) is 0 Å². The monoisotopic (exact) mass is 102 g/mol. The van der Waals surface area contributed by atoms with E-state index in [0.29, 0.717) is 0 Å². The van der Waals surface area contributed by atoms with Crippen LogP contribution in [0.5, 0.6) is 0 Å². The Balaban J connectivity index is 2.45. The molecule has 0 aromatic rings. The molecule has 0 saturated heterocycles. The lowest BCUT2D eigenvalue weighted by Gasteiger charge is -1.78. The van der Waals surface area contributed by atoms with Gasteiger partial charge in [-0.1, -0.05) is 8.58 Å². The molecule has 0 amide bonds. The second-order valence-electron chi connectivity index (χ2n) is 1.19. The fraction of sp³-hybridized carbons (Fsp3) is 0.667. The Bertz CT molecular complexity index is 78.9.